The molecule has 0 aromatic heterocycles. The Morgan fingerprint density at radius 3 is 2.20 bits per heavy atom. The van der Waals surface area contributed by atoms with Crippen molar-refractivity contribution in [2.24, 2.45) is 5.92 Å². The molecule has 13 nitrogen and oxygen atoms in total. The molecule has 5 atom stereocenters. The number of carbonyl (C=O) groups excluding carboxylic acids is 5. The number of phenolic OH excluding ortho intramolecular Hbond substituents is 1. The number of rotatable bonds is 18. The van der Waals surface area contributed by atoms with Crippen LogP contribution in [-0.4, -0.2) is 93.1 Å². The second-order valence-corrected chi connectivity index (χ2v) is 14.8. The fraction of sp³-hybridized carbons (Fsp3) is 0.385. The molecule has 54 heavy (non-hydrogen) atoms. The van der Waals surface area contributed by atoms with Gasteiger partial charge in [0.2, 0.25) is 23.6 Å². The van der Waals surface area contributed by atoms with E-state index >= 15 is 0 Å². The zero-order valence-corrected chi connectivity index (χ0v) is 31.8. The monoisotopic (exact) mass is 780 g/mol. The third kappa shape index (κ3) is 12.2. The number of para-hydroxylation sites is 1. The molecule has 4 rings (SSSR count). The Hall–Kier alpha value is -5.08. The number of aliphatic carboxylic acids is 1. The molecule has 288 valence electrons. The minimum atomic E-state index is -1.38. The van der Waals surface area contributed by atoms with Crippen LogP contribution < -0.4 is 20.7 Å². The summed E-state index contributed by atoms with van der Waals surface area (Å²) in [4.78, 5) is 80.5. The summed E-state index contributed by atoms with van der Waals surface area (Å²) in [6.45, 7) is 4.67. The number of benzene rings is 3. The molecule has 0 bridgehead atoms. The Labute approximate surface area is 323 Å². The van der Waals surface area contributed by atoms with Crippen molar-refractivity contribution >= 4 is 58.7 Å². The van der Waals surface area contributed by atoms with Gasteiger partial charge in [-0.25, -0.2) is 0 Å². The maximum atomic E-state index is 14.4. The number of nitrogens with one attached hydrogen (secondary N) is 3. The molecule has 3 aromatic rings. The van der Waals surface area contributed by atoms with Crippen LogP contribution in [0.4, 0.5) is 0 Å². The van der Waals surface area contributed by atoms with Crippen molar-refractivity contribution in [1.82, 2.24) is 20.9 Å². The summed E-state index contributed by atoms with van der Waals surface area (Å²) in [7, 11) is 0. The predicted molar refractivity (Wildman–Crippen MR) is 204 cm³/mol. The highest BCUT2D eigenvalue weighted by Crippen LogP contribution is 2.26. The molecule has 1 aliphatic heterocycles. The van der Waals surface area contributed by atoms with Gasteiger partial charge in [0, 0.05) is 30.5 Å². The number of amides is 4. The number of nitrogens with zero attached hydrogens (tertiary/aromatic N) is 1. The topological polar surface area (TPSA) is 191 Å². The SMILES string of the molecule is CC(=O)NC(Cc1ccc(O)cc1)C(=O)NC(C(=O)N1CC(Oc2ccccc2)CC1C(=O)NC(CC(=O)O)C(=O)CSCc1ccccc1Cl)C(C)C. The maximum Gasteiger partial charge on any atom is 0.305 e. The number of phenols is 1. The van der Waals surface area contributed by atoms with Gasteiger partial charge >= 0.3 is 5.97 Å². The van der Waals surface area contributed by atoms with E-state index in [0.29, 0.717) is 22.1 Å². The van der Waals surface area contributed by atoms with Crippen LogP contribution in [0.25, 0.3) is 0 Å². The Bertz CT molecular complexity index is 1790. The summed E-state index contributed by atoms with van der Waals surface area (Å²) in [6, 6.07) is 17.4. The summed E-state index contributed by atoms with van der Waals surface area (Å²) in [5, 5.41) is 27.8. The third-order valence-corrected chi connectivity index (χ3v) is 10.1. The molecule has 15 heteroatoms. The number of thioether (sulfide) groups is 1. The number of aromatic hydroxyl groups is 1. The first-order valence-electron chi connectivity index (χ1n) is 17.4. The van der Waals surface area contributed by atoms with Crippen LogP contribution in [0.15, 0.2) is 78.9 Å². The van der Waals surface area contributed by atoms with Crippen molar-refractivity contribution in [3.05, 3.63) is 95.0 Å². The summed E-state index contributed by atoms with van der Waals surface area (Å²) in [6.07, 6.45) is -1.23. The first kappa shape index (κ1) is 41.7. The van der Waals surface area contributed by atoms with E-state index in [1.165, 1.54) is 35.7 Å². The molecule has 4 amide bonds. The fourth-order valence-corrected chi connectivity index (χ4v) is 7.26. The number of hydrogen-bond donors (Lipinski definition) is 5. The van der Waals surface area contributed by atoms with Crippen molar-refractivity contribution in [1.29, 1.82) is 0 Å². The average Bonchev–Trinajstić information content (AvgIpc) is 3.55. The first-order chi connectivity index (χ1) is 25.7. The van der Waals surface area contributed by atoms with Gasteiger partial charge in [0.1, 0.15) is 35.7 Å². The summed E-state index contributed by atoms with van der Waals surface area (Å²) >= 11 is 7.46. The van der Waals surface area contributed by atoms with Crippen molar-refractivity contribution < 1.29 is 43.7 Å². The van der Waals surface area contributed by atoms with Crippen LogP contribution in [0.1, 0.15) is 44.7 Å². The summed E-state index contributed by atoms with van der Waals surface area (Å²) < 4.78 is 6.13. The van der Waals surface area contributed by atoms with E-state index in [1.807, 2.05) is 18.2 Å². The van der Waals surface area contributed by atoms with Crippen molar-refractivity contribution in [2.45, 2.75) is 76.1 Å². The zero-order chi connectivity index (χ0) is 39.4. The van der Waals surface area contributed by atoms with E-state index < -0.39 is 78.0 Å². The van der Waals surface area contributed by atoms with E-state index in [1.54, 1.807) is 62.4 Å². The number of carbonyl (C=O) groups is 6. The van der Waals surface area contributed by atoms with E-state index in [0.717, 1.165) is 5.56 Å². The number of carboxylic acids is 1. The standard InChI is InChI=1S/C39H45ClN4O9S/c1-23(2)36(43-37(50)32(41-24(3)45)17-25-13-15-27(46)16-14-25)39(52)44-20-29(53-28-10-5-4-6-11-28)18-33(44)38(51)42-31(19-35(48)49)34(47)22-54-21-26-9-7-8-12-30(26)40/h4-16,23,29,31-33,36,46H,17-22H2,1-3H3,(H,41,45)(H,42,51)(H,43,50)(H,48,49). The molecule has 5 unspecified atom stereocenters. The second kappa shape index (κ2) is 19.8. The quantitative estimate of drug-likeness (QED) is 0.127. The minimum Gasteiger partial charge on any atom is -0.508 e. The lowest BCUT2D eigenvalue weighted by molar-refractivity contribution is -0.144. The molecule has 1 saturated heterocycles. The molecular weight excluding hydrogens is 736 g/mol. The van der Waals surface area contributed by atoms with Crippen LogP contribution in [0, 0.1) is 5.92 Å². The molecule has 1 aliphatic rings. The smallest absolute Gasteiger partial charge is 0.305 e. The number of hydrogen-bond acceptors (Lipinski definition) is 9. The van der Waals surface area contributed by atoms with Gasteiger partial charge in [-0.05, 0) is 47.4 Å². The van der Waals surface area contributed by atoms with Gasteiger partial charge in [0.15, 0.2) is 5.78 Å². The number of halogens is 1. The molecule has 0 aliphatic carbocycles. The summed E-state index contributed by atoms with van der Waals surface area (Å²) in [5.74, 6) is -3.88. The van der Waals surface area contributed by atoms with E-state index in [-0.39, 0.29) is 30.9 Å². The highest BCUT2D eigenvalue weighted by Gasteiger charge is 2.45. The maximum absolute atomic E-state index is 14.4. The number of Topliss-reactive ketones (excluding diaryl/α,β-unsaturated/α-hetero) is 1. The minimum absolute atomic E-state index is 0.0236. The lowest BCUT2D eigenvalue weighted by Crippen LogP contribution is -2.59. The number of carboxylic acid groups (broad SMARTS) is 1. The molecule has 1 heterocycles. The van der Waals surface area contributed by atoms with Gasteiger partial charge < -0.3 is 35.8 Å². The molecule has 1 fully saturated rings. The Balaban J connectivity index is 1.54. The first-order valence-corrected chi connectivity index (χ1v) is 19.0. The van der Waals surface area contributed by atoms with Crippen LogP contribution >= 0.6 is 23.4 Å². The van der Waals surface area contributed by atoms with Gasteiger partial charge in [0.25, 0.3) is 0 Å². The van der Waals surface area contributed by atoms with E-state index in [2.05, 4.69) is 16.0 Å². The van der Waals surface area contributed by atoms with Gasteiger partial charge in [-0.1, -0.05) is 74.0 Å². The zero-order valence-electron chi connectivity index (χ0n) is 30.2. The van der Waals surface area contributed by atoms with Crippen molar-refractivity contribution in [3.63, 3.8) is 0 Å². The van der Waals surface area contributed by atoms with Gasteiger partial charge in [-0.3, -0.25) is 28.8 Å². The van der Waals surface area contributed by atoms with Gasteiger partial charge in [0.05, 0.1) is 24.8 Å². The van der Waals surface area contributed by atoms with Crippen LogP contribution in [0.3, 0.4) is 0 Å². The average molecular weight is 781 g/mol. The predicted octanol–water partition coefficient (Wildman–Crippen LogP) is 3.74. The lowest BCUT2D eigenvalue weighted by atomic mass is 10.00. The molecular formula is C39H45ClN4O9S. The summed E-state index contributed by atoms with van der Waals surface area (Å²) in [5.41, 5.74) is 1.45. The molecule has 5 N–H and O–H groups in total. The molecule has 3 aromatic carbocycles. The second-order valence-electron chi connectivity index (χ2n) is 13.4. The van der Waals surface area contributed by atoms with Gasteiger partial charge in [-0.15, -0.1) is 11.8 Å². The Morgan fingerprint density at radius 2 is 1.57 bits per heavy atom. The highest BCUT2D eigenvalue weighted by molar-refractivity contribution is 7.99. The van der Waals surface area contributed by atoms with Crippen molar-refractivity contribution in [2.75, 3.05) is 12.3 Å². The normalized spacial score (nSPS) is 16.9. The van der Waals surface area contributed by atoms with Crippen LogP contribution in [-0.2, 0) is 40.9 Å². The Kier molecular flexibility index (Phi) is 15.3. The van der Waals surface area contributed by atoms with Crippen molar-refractivity contribution in [3.8, 4) is 11.5 Å². The third-order valence-electron chi connectivity index (χ3n) is 8.74. The van der Waals surface area contributed by atoms with Crippen LogP contribution in [0.2, 0.25) is 5.02 Å². The van der Waals surface area contributed by atoms with Gasteiger partial charge in [-0.2, -0.15) is 0 Å². The number of ketones is 1. The number of likely N-dealkylation sites (tertiary alicyclic amines) is 1. The lowest BCUT2D eigenvalue weighted by Gasteiger charge is -2.32. The largest absolute Gasteiger partial charge is 0.508 e. The number of ether oxygens (including phenoxy) is 1. The van der Waals surface area contributed by atoms with E-state index in [4.69, 9.17) is 16.3 Å². The molecule has 0 radical (unpaired) electrons. The Morgan fingerprint density at radius 1 is 0.907 bits per heavy atom. The fourth-order valence-electron chi connectivity index (χ4n) is 6.00. The van der Waals surface area contributed by atoms with E-state index in [9.17, 15) is 39.0 Å². The molecule has 0 spiro atoms. The van der Waals surface area contributed by atoms with Crippen LogP contribution in [0.5, 0.6) is 11.5 Å². The molecule has 0 saturated carbocycles. The highest BCUT2D eigenvalue weighted by atomic mass is 35.5.